The van der Waals surface area contributed by atoms with Crippen molar-refractivity contribution in [1.29, 1.82) is 0 Å². The summed E-state index contributed by atoms with van der Waals surface area (Å²) in [6, 6.07) is 11.4. The molecule has 3 nitrogen and oxygen atoms in total. The molecule has 0 aliphatic heterocycles. The number of hydrogen-bond acceptors (Lipinski definition) is 2. The predicted octanol–water partition coefficient (Wildman–Crippen LogP) is 4.65. The Balaban J connectivity index is 2.14. The number of nitrogens with zero attached hydrogens (tertiary/aromatic N) is 1. The van der Waals surface area contributed by atoms with E-state index in [1.807, 2.05) is 36.4 Å². The van der Waals surface area contributed by atoms with E-state index in [2.05, 4.69) is 25.9 Å². The van der Waals surface area contributed by atoms with Gasteiger partial charge in [0, 0.05) is 16.1 Å². The van der Waals surface area contributed by atoms with Crippen LogP contribution >= 0.6 is 27.5 Å². The summed E-state index contributed by atoms with van der Waals surface area (Å²) >= 11 is 9.63. The molecule has 0 bridgehead atoms. The Hall–Kier alpha value is -1.52. The number of H-pyrrole nitrogens is 1. The zero-order valence-corrected chi connectivity index (χ0v) is 12.4. The lowest BCUT2D eigenvalue weighted by molar-refractivity contribution is 0.415. The Morgan fingerprint density at radius 2 is 2.05 bits per heavy atom. The van der Waals surface area contributed by atoms with Gasteiger partial charge in [-0.2, -0.15) is 0 Å². The number of hydrogen-bond donors (Lipinski definition) is 1. The molecule has 96 valence electrons. The third-order valence-corrected chi connectivity index (χ3v) is 3.68. The highest BCUT2D eigenvalue weighted by Crippen LogP contribution is 2.30. The minimum absolute atomic E-state index is 0.653. The van der Waals surface area contributed by atoms with Crippen LogP contribution in [-0.2, 0) is 0 Å². The second-order valence-corrected chi connectivity index (χ2v) is 5.42. The number of ether oxygens (including phenoxy) is 1. The van der Waals surface area contributed by atoms with Crippen LogP contribution in [0.25, 0.3) is 22.4 Å². The fraction of sp³-hybridized carbons (Fsp3) is 0.0714. The van der Waals surface area contributed by atoms with Crippen LogP contribution in [0.3, 0.4) is 0 Å². The number of aromatic amines is 1. The smallest absolute Gasteiger partial charge is 0.140 e. The second-order valence-electron chi connectivity index (χ2n) is 4.09. The summed E-state index contributed by atoms with van der Waals surface area (Å²) in [5.41, 5.74) is 2.68. The molecule has 19 heavy (non-hydrogen) atoms. The lowest BCUT2D eigenvalue weighted by Crippen LogP contribution is -1.82. The van der Waals surface area contributed by atoms with Crippen molar-refractivity contribution in [2.75, 3.05) is 7.11 Å². The molecule has 0 aliphatic rings. The van der Waals surface area contributed by atoms with Crippen molar-refractivity contribution >= 4 is 38.6 Å². The summed E-state index contributed by atoms with van der Waals surface area (Å²) < 4.78 is 6.14. The minimum Gasteiger partial charge on any atom is -0.497 e. The molecule has 1 N–H and O–H groups in total. The maximum absolute atomic E-state index is 6.24. The Labute approximate surface area is 123 Å². The van der Waals surface area contributed by atoms with Crippen molar-refractivity contribution in [2.24, 2.45) is 0 Å². The second kappa shape index (κ2) is 4.87. The number of imidazole rings is 1. The van der Waals surface area contributed by atoms with Crippen LogP contribution in [0.15, 0.2) is 40.9 Å². The quantitative estimate of drug-likeness (QED) is 0.739. The van der Waals surface area contributed by atoms with Crippen LogP contribution in [0, 0.1) is 0 Å². The van der Waals surface area contributed by atoms with Gasteiger partial charge >= 0.3 is 0 Å². The van der Waals surface area contributed by atoms with Crippen molar-refractivity contribution in [2.45, 2.75) is 0 Å². The molecular formula is C14H10BrClN2O. The van der Waals surface area contributed by atoms with Gasteiger partial charge in [0.1, 0.15) is 11.6 Å². The minimum atomic E-state index is 0.653. The van der Waals surface area contributed by atoms with Gasteiger partial charge in [-0.15, -0.1) is 0 Å². The van der Waals surface area contributed by atoms with E-state index in [1.165, 1.54) is 0 Å². The molecule has 0 atom stereocenters. The number of halogens is 2. The molecule has 3 aromatic rings. The molecule has 0 saturated carbocycles. The van der Waals surface area contributed by atoms with Gasteiger partial charge in [-0.25, -0.2) is 4.98 Å². The molecule has 0 unspecified atom stereocenters. The number of nitrogens with one attached hydrogen (secondary N) is 1. The zero-order valence-electron chi connectivity index (χ0n) is 10.1. The molecule has 3 rings (SSSR count). The molecule has 0 fully saturated rings. The van der Waals surface area contributed by atoms with Gasteiger partial charge in [0.05, 0.1) is 23.2 Å². The number of methoxy groups -OCH3 is 1. The van der Waals surface area contributed by atoms with E-state index in [1.54, 1.807) is 7.11 Å². The highest BCUT2D eigenvalue weighted by molar-refractivity contribution is 9.10. The summed E-state index contributed by atoms with van der Waals surface area (Å²) in [5.74, 6) is 1.55. The first-order valence-electron chi connectivity index (χ1n) is 5.66. The summed E-state index contributed by atoms with van der Waals surface area (Å²) in [4.78, 5) is 7.79. The van der Waals surface area contributed by atoms with Crippen molar-refractivity contribution in [3.8, 4) is 17.1 Å². The van der Waals surface area contributed by atoms with Crippen LogP contribution in [0.4, 0.5) is 0 Å². The maximum Gasteiger partial charge on any atom is 0.140 e. The van der Waals surface area contributed by atoms with Gasteiger partial charge in [0.25, 0.3) is 0 Å². The van der Waals surface area contributed by atoms with Crippen LogP contribution in [0.2, 0.25) is 5.02 Å². The molecule has 2 aromatic carbocycles. The van der Waals surface area contributed by atoms with Crippen molar-refractivity contribution in [3.05, 3.63) is 45.9 Å². The molecule has 0 radical (unpaired) electrons. The SMILES string of the molecule is COc1ccc2nc(-c3ccc(Br)cc3Cl)[nH]c2c1. The Morgan fingerprint density at radius 1 is 1.21 bits per heavy atom. The van der Waals surface area contributed by atoms with E-state index in [4.69, 9.17) is 16.3 Å². The van der Waals surface area contributed by atoms with Crippen LogP contribution in [0.1, 0.15) is 0 Å². The standard InChI is InChI=1S/C14H10BrClN2O/c1-19-9-3-5-12-13(7-9)18-14(17-12)10-4-2-8(15)6-11(10)16/h2-7H,1H3,(H,17,18). The van der Waals surface area contributed by atoms with Crippen LogP contribution in [-0.4, -0.2) is 17.1 Å². The molecule has 0 spiro atoms. The molecule has 1 aromatic heterocycles. The van der Waals surface area contributed by atoms with Gasteiger partial charge < -0.3 is 9.72 Å². The fourth-order valence-electron chi connectivity index (χ4n) is 1.92. The summed E-state index contributed by atoms with van der Waals surface area (Å²) in [5, 5.41) is 0.653. The lowest BCUT2D eigenvalue weighted by Gasteiger charge is -2.00. The first-order chi connectivity index (χ1) is 9.17. The predicted molar refractivity (Wildman–Crippen MR) is 80.8 cm³/mol. The molecule has 0 saturated heterocycles. The Morgan fingerprint density at radius 3 is 2.79 bits per heavy atom. The van der Waals surface area contributed by atoms with Crippen molar-refractivity contribution < 1.29 is 4.74 Å². The summed E-state index contributed by atoms with van der Waals surface area (Å²) in [6.45, 7) is 0. The first kappa shape index (κ1) is 12.5. The summed E-state index contributed by atoms with van der Waals surface area (Å²) in [6.07, 6.45) is 0. The zero-order chi connectivity index (χ0) is 13.4. The first-order valence-corrected chi connectivity index (χ1v) is 6.83. The normalized spacial score (nSPS) is 10.9. The van der Waals surface area contributed by atoms with Gasteiger partial charge in [-0.05, 0) is 30.3 Å². The Bertz CT molecular complexity index is 754. The average Bonchev–Trinajstić information content (AvgIpc) is 2.80. The Kier molecular flexibility index (Phi) is 3.21. The maximum atomic E-state index is 6.24. The molecule has 1 heterocycles. The van der Waals surface area contributed by atoms with E-state index >= 15 is 0 Å². The van der Waals surface area contributed by atoms with Crippen LogP contribution in [0.5, 0.6) is 5.75 Å². The average molecular weight is 338 g/mol. The van der Waals surface area contributed by atoms with E-state index in [9.17, 15) is 0 Å². The van der Waals surface area contributed by atoms with Gasteiger partial charge in [0.15, 0.2) is 0 Å². The monoisotopic (exact) mass is 336 g/mol. The molecule has 5 heteroatoms. The number of benzene rings is 2. The van der Waals surface area contributed by atoms with Gasteiger partial charge in [-0.1, -0.05) is 27.5 Å². The highest BCUT2D eigenvalue weighted by Gasteiger charge is 2.09. The van der Waals surface area contributed by atoms with E-state index < -0.39 is 0 Å². The van der Waals surface area contributed by atoms with Crippen molar-refractivity contribution in [1.82, 2.24) is 9.97 Å². The van der Waals surface area contributed by atoms with E-state index in [-0.39, 0.29) is 0 Å². The number of rotatable bonds is 2. The fourth-order valence-corrected chi connectivity index (χ4v) is 2.69. The number of fused-ring (bicyclic) bond motifs is 1. The third-order valence-electron chi connectivity index (χ3n) is 2.88. The lowest BCUT2D eigenvalue weighted by atomic mass is 10.2. The van der Waals surface area contributed by atoms with Crippen molar-refractivity contribution in [3.63, 3.8) is 0 Å². The third kappa shape index (κ3) is 2.33. The molecule has 0 aliphatic carbocycles. The molecular weight excluding hydrogens is 328 g/mol. The van der Waals surface area contributed by atoms with Gasteiger partial charge in [0.2, 0.25) is 0 Å². The van der Waals surface area contributed by atoms with Crippen LogP contribution < -0.4 is 4.74 Å². The number of aromatic nitrogens is 2. The van der Waals surface area contributed by atoms with E-state index in [0.717, 1.165) is 32.6 Å². The molecule has 0 amide bonds. The largest absolute Gasteiger partial charge is 0.497 e. The highest BCUT2D eigenvalue weighted by atomic mass is 79.9. The summed E-state index contributed by atoms with van der Waals surface area (Å²) in [7, 11) is 1.64. The van der Waals surface area contributed by atoms with E-state index in [0.29, 0.717) is 5.02 Å². The van der Waals surface area contributed by atoms with Gasteiger partial charge in [-0.3, -0.25) is 0 Å². The topological polar surface area (TPSA) is 37.9 Å².